The summed E-state index contributed by atoms with van der Waals surface area (Å²) in [6, 6.07) is 4.43. The van der Waals surface area contributed by atoms with Crippen LogP contribution in [-0.4, -0.2) is 23.4 Å². The standard InChI is InChI=1S/C13H17N3O3/c1-8-3-4-11(16(18)19)10(7-8)15-12-9(2)5-6-14-13(12)17/h3-4,7,9,12,15H,5-6H2,1-2H3,(H,14,17)/t9-,12+/m1/s1. The van der Waals surface area contributed by atoms with Crippen molar-refractivity contribution >= 4 is 17.3 Å². The summed E-state index contributed by atoms with van der Waals surface area (Å²) in [5.41, 5.74) is 1.31. The number of anilines is 1. The molecule has 0 radical (unpaired) electrons. The molecule has 1 aromatic rings. The van der Waals surface area contributed by atoms with Gasteiger partial charge >= 0.3 is 0 Å². The molecule has 1 amide bonds. The zero-order chi connectivity index (χ0) is 14.0. The quantitative estimate of drug-likeness (QED) is 0.643. The van der Waals surface area contributed by atoms with Gasteiger partial charge in [0.15, 0.2) is 0 Å². The number of aryl methyl sites for hydroxylation is 1. The van der Waals surface area contributed by atoms with E-state index in [4.69, 9.17) is 0 Å². The fraction of sp³-hybridized carbons (Fsp3) is 0.462. The van der Waals surface area contributed by atoms with Crippen molar-refractivity contribution in [3.05, 3.63) is 33.9 Å². The number of amides is 1. The first kappa shape index (κ1) is 13.3. The number of nitrogens with one attached hydrogen (secondary N) is 2. The third kappa shape index (κ3) is 2.83. The Morgan fingerprint density at radius 2 is 2.21 bits per heavy atom. The fourth-order valence-electron chi connectivity index (χ4n) is 2.26. The number of nitrogens with zero attached hydrogens (tertiary/aromatic N) is 1. The highest BCUT2D eigenvalue weighted by molar-refractivity contribution is 5.86. The normalized spacial score (nSPS) is 22.7. The first-order valence-electron chi connectivity index (χ1n) is 6.28. The van der Waals surface area contributed by atoms with E-state index in [1.807, 2.05) is 13.8 Å². The second kappa shape index (κ2) is 5.26. The van der Waals surface area contributed by atoms with Gasteiger partial charge in [-0.1, -0.05) is 13.0 Å². The van der Waals surface area contributed by atoms with Gasteiger partial charge in [0, 0.05) is 12.6 Å². The highest BCUT2D eigenvalue weighted by Gasteiger charge is 2.30. The molecular formula is C13H17N3O3. The molecule has 6 heteroatoms. The minimum Gasteiger partial charge on any atom is -0.368 e. The molecule has 1 saturated heterocycles. The molecule has 102 valence electrons. The molecule has 0 aliphatic carbocycles. The van der Waals surface area contributed by atoms with Gasteiger partial charge in [-0.25, -0.2) is 0 Å². The van der Waals surface area contributed by atoms with Crippen LogP contribution in [-0.2, 0) is 4.79 Å². The van der Waals surface area contributed by atoms with E-state index in [1.165, 1.54) is 6.07 Å². The number of carbonyl (C=O) groups is 1. The summed E-state index contributed by atoms with van der Waals surface area (Å²) in [4.78, 5) is 22.4. The molecule has 0 saturated carbocycles. The molecule has 0 bridgehead atoms. The van der Waals surface area contributed by atoms with Crippen molar-refractivity contribution in [1.29, 1.82) is 0 Å². The molecule has 1 fully saturated rings. The van der Waals surface area contributed by atoms with Gasteiger partial charge in [0.2, 0.25) is 5.91 Å². The smallest absolute Gasteiger partial charge is 0.292 e. The lowest BCUT2D eigenvalue weighted by atomic mass is 9.93. The Hall–Kier alpha value is -2.11. The molecule has 0 unspecified atom stereocenters. The number of rotatable bonds is 3. The molecule has 2 N–H and O–H groups in total. The molecule has 2 rings (SSSR count). The lowest BCUT2D eigenvalue weighted by Gasteiger charge is -2.29. The minimum absolute atomic E-state index is 0.00354. The average molecular weight is 263 g/mol. The molecule has 19 heavy (non-hydrogen) atoms. The lowest BCUT2D eigenvalue weighted by Crippen LogP contribution is -2.49. The summed E-state index contributed by atoms with van der Waals surface area (Å²) in [5.74, 6) is 0.0448. The van der Waals surface area contributed by atoms with Gasteiger partial charge in [-0.15, -0.1) is 0 Å². The summed E-state index contributed by atoms with van der Waals surface area (Å²) < 4.78 is 0. The predicted octanol–water partition coefficient (Wildman–Crippen LogP) is 1.84. The van der Waals surface area contributed by atoms with Crippen molar-refractivity contribution in [2.45, 2.75) is 26.3 Å². The third-order valence-electron chi connectivity index (χ3n) is 3.41. The topological polar surface area (TPSA) is 84.3 Å². The zero-order valence-electron chi connectivity index (χ0n) is 11.0. The highest BCUT2D eigenvalue weighted by Crippen LogP contribution is 2.28. The summed E-state index contributed by atoms with van der Waals surface area (Å²) in [6.45, 7) is 4.49. The van der Waals surface area contributed by atoms with E-state index >= 15 is 0 Å². The van der Waals surface area contributed by atoms with Crippen LogP contribution < -0.4 is 10.6 Å². The van der Waals surface area contributed by atoms with Gasteiger partial charge in [-0.3, -0.25) is 14.9 Å². The van der Waals surface area contributed by atoms with Gasteiger partial charge in [-0.2, -0.15) is 0 Å². The van der Waals surface area contributed by atoms with E-state index < -0.39 is 11.0 Å². The first-order valence-corrected chi connectivity index (χ1v) is 6.28. The van der Waals surface area contributed by atoms with Crippen LogP contribution in [0, 0.1) is 23.0 Å². The average Bonchev–Trinajstić information content (AvgIpc) is 2.33. The molecule has 1 aliphatic heterocycles. The first-order chi connectivity index (χ1) is 8.99. The largest absolute Gasteiger partial charge is 0.368 e. The van der Waals surface area contributed by atoms with Crippen LogP contribution in [0.15, 0.2) is 18.2 Å². The summed E-state index contributed by atoms with van der Waals surface area (Å²) in [7, 11) is 0. The molecule has 0 spiro atoms. The van der Waals surface area contributed by atoms with Gasteiger partial charge < -0.3 is 10.6 Å². The van der Waals surface area contributed by atoms with E-state index in [-0.39, 0.29) is 17.5 Å². The number of nitro groups is 1. The summed E-state index contributed by atoms with van der Waals surface area (Å²) in [5, 5.41) is 16.8. The predicted molar refractivity (Wildman–Crippen MR) is 72.0 cm³/mol. The number of hydrogen-bond donors (Lipinski definition) is 2. The van der Waals surface area contributed by atoms with Gasteiger partial charge in [-0.05, 0) is 30.9 Å². The molecule has 1 heterocycles. The maximum Gasteiger partial charge on any atom is 0.292 e. The van der Waals surface area contributed by atoms with Crippen LogP contribution in [0.25, 0.3) is 0 Å². The molecule has 2 atom stereocenters. The monoisotopic (exact) mass is 263 g/mol. The van der Waals surface area contributed by atoms with Gasteiger partial charge in [0.25, 0.3) is 5.69 Å². The van der Waals surface area contributed by atoms with Crippen LogP contribution >= 0.6 is 0 Å². The SMILES string of the molecule is Cc1ccc([N+](=O)[O-])c(N[C@@H]2C(=O)NCC[C@H]2C)c1. The number of hydrogen-bond acceptors (Lipinski definition) is 4. The Morgan fingerprint density at radius 3 is 2.84 bits per heavy atom. The Kier molecular flexibility index (Phi) is 3.69. The van der Waals surface area contributed by atoms with Crippen LogP contribution in [0.2, 0.25) is 0 Å². The molecule has 1 aromatic carbocycles. The fourth-order valence-corrected chi connectivity index (χ4v) is 2.26. The Morgan fingerprint density at radius 1 is 1.47 bits per heavy atom. The van der Waals surface area contributed by atoms with E-state index in [9.17, 15) is 14.9 Å². The van der Waals surface area contributed by atoms with Crippen molar-refractivity contribution in [2.24, 2.45) is 5.92 Å². The minimum atomic E-state index is -0.437. The molecule has 6 nitrogen and oxygen atoms in total. The van der Waals surface area contributed by atoms with Gasteiger partial charge in [0.05, 0.1) is 4.92 Å². The highest BCUT2D eigenvalue weighted by atomic mass is 16.6. The van der Waals surface area contributed by atoms with E-state index in [0.717, 1.165) is 12.0 Å². The van der Waals surface area contributed by atoms with Crippen LogP contribution in [0.1, 0.15) is 18.9 Å². The van der Waals surface area contributed by atoms with Crippen molar-refractivity contribution in [1.82, 2.24) is 5.32 Å². The van der Waals surface area contributed by atoms with Crippen LogP contribution in [0.4, 0.5) is 11.4 Å². The Labute approximate surface area is 111 Å². The van der Waals surface area contributed by atoms with Crippen LogP contribution in [0.5, 0.6) is 0 Å². The van der Waals surface area contributed by atoms with Crippen molar-refractivity contribution < 1.29 is 9.72 Å². The number of benzene rings is 1. The zero-order valence-corrected chi connectivity index (χ0v) is 11.0. The van der Waals surface area contributed by atoms with Crippen molar-refractivity contribution in [3.8, 4) is 0 Å². The lowest BCUT2D eigenvalue weighted by molar-refractivity contribution is -0.384. The Balaban J connectivity index is 2.29. The van der Waals surface area contributed by atoms with E-state index in [0.29, 0.717) is 12.2 Å². The summed E-state index contributed by atoms with van der Waals surface area (Å²) in [6.07, 6.45) is 0.864. The van der Waals surface area contributed by atoms with Crippen molar-refractivity contribution in [2.75, 3.05) is 11.9 Å². The number of piperidine rings is 1. The maximum atomic E-state index is 11.8. The summed E-state index contributed by atoms with van der Waals surface area (Å²) >= 11 is 0. The molecular weight excluding hydrogens is 246 g/mol. The molecule has 1 aliphatic rings. The second-order valence-corrected chi connectivity index (χ2v) is 4.96. The number of nitro benzene ring substituents is 1. The second-order valence-electron chi connectivity index (χ2n) is 4.96. The van der Waals surface area contributed by atoms with Crippen LogP contribution in [0.3, 0.4) is 0 Å². The molecule has 0 aromatic heterocycles. The Bertz CT molecular complexity index is 516. The number of carbonyl (C=O) groups excluding carboxylic acids is 1. The van der Waals surface area contributed by atoms with Gasteiger partial charge in [0.1, 0.15) is 11.7 Å². The maximum absolute atomic E-state index is 11.8. The van der Waals surface area contributed by atoms with E-state index in [2.05, 4.69) is 10.6 Å². The van der Waals surface area contributed by atoms with E-state index in [1.54, 1.807) is 12.1 Å². The van der Waals surface area contributed by atoms with Crippen molar-refractivity contribution in [3.63, 3.8) is 0 Å². The third-order valence-corrected chi connectivity index (χ3v) is 3.41.